The molecule has 0 bridgehead atoms. The number of aromatic nitrogens is 1. The first-order valence-corrected chi connectivity index (χ1v) is 30.7. The van der Waals surface area contributed by atoms with Crippen LogP contribution < -0.4 is 4.90 Å². The van der Waals surface area contributed by atoms with Crippen LogP contribution in [-0.4, -0.2) is 4.57 Å². The lowest BCUT2D eigenvalue weighted by molar-refractivity contribution is 1.04. The van der Waals surface area contributed by atoms with Crippen molar-refractivity contribution in [2.75, 3.05) is 4.90 Å². The second-order valence-electron chi connectivity index (χ2n) is 23.3. The molecular weight excluding hydrogens is 1060 g/mol. The van der Waals surface area contributed by atoms with Gasteiger partial charge in [-0.2, -0.15) is 0 Å². The largest absolute Gasteiger partial charge is 0.309 e. The highest BCUT2D eigenvalue weighted by Crippen LogP contribution is 2.53. The van der Waals surface area contributed by atoms with E-state index in [9.17, 15) is 0 Å². The standard InChI is InChI=1S/C86H58N2/c1-4-25-57(26-5-1)65-33-12-14-36-68(65)60-47-53-81-79(55-60)80-56-61(69-37-15-13-34-66(69)58-27-6-2-7-28-58)48-54-82(80)88(81)64-51-49-63(50-52-64)87(62-31-8-3-9-32-62)86-77-44-22-20-42-75(77)85(76-43-21-23-45-78(76)86)84-73-40-18-16-38-71(73)83(72-39-17-19-41-74(72)84)70-46-24-30-59-29-10-11-35-67(59)70/h1,3-6,8-56H,2,7H2. The molecular formula is C86H58N2. The van der Waals surface area contributed by atoms with Gasteiger partial charge in [-0.1, -0.05) is 267 Å². The second kappa shape index (κ2) is 21.3. The van der Waals surface area contributed by atoms with Crippen LogP contribution in [0.5, 0.6) is 0 Å². The van der Waals surface area contributed by atoms with Crippen LogP contribution in [0.3, 0.4) is 0 Å². The summed E-state index contributed by atoms with van der Waals surface area (Å²) >= 11 is 0. The van der Waals surface area contributed by atoms with Crippen molar-refractivity contribution in [2.45, 2.75) is 12.8 Å². The lowest BCUT2D eigenvalue weighted by atomic mass is 9.82. The zero-order valence-corrected chi connectivity index (χ0v) is 48.5. The minimum Gasteiger partial charge on any atom is -0.309 e. The Bertz CT molecular complexity index is 5370. The maximum Gasteiger partial charge on any atom is 0.0618 e. The van der Waals surface area contributed by atoms with Crippen LogP contribution in [0.1, 0.15) is 18.4 Å². The number of benzene rings is 15. The smallest absolute Gasteiger partial charge is 0.0618 e. The molecule has 0 saturated heterocycles. The molecule has 15 aromatic carbocycles. The molecule has 2 heteroatoms. The number of hydrogen-bond donors (Lipinski definition) is 0. The lowest BCUT2D eigenvalue weighted by Crippen LogP contribution is -2.11. The molecule has 412 valence electrons. The third-order valence-corrected chi connectivity index (χ3v) is 18.4. The first-order chi connectivity index (χ1) is 43.7. The van der Waals surface area contributed by atoms with Crippen molar-refractivity contribution >= 4 is 98.3 Å². The number of anilines is 3. The molecule has 2 nitrogen and oxygen atoms in total. The highest BCUT2D eigenvalue weighted by Gasteiger charge is 2.26. The average Bonchev–Trinajstić information content (AvgIpc) is 1.06. The van der Waals surface area contributed by atoms with Gasteiger partial charge in [-0.15, -0.1) is 0 Å². The molecule has 0 unspecified atom stereocenters. The Kier molecular flexibility index (Phi) is 12.4. The Morgan fingerprint density at radius 2 is 0.693 bits per heavy atom. The van der Waals surface area contributed by atoms with Crippen molar-refractivity contribution < 1.29 is 0 Å². The van der Waals surface area contributed by atoms with Crippen LogP contribution >= 0.6 is 0 Å². The first kappa shape index (κ1) is 51.1. The van der Waals surface area contributed by atoms with Gasteiger partial charge in [0.05, 0.1) is 16.7 Å². The fourth-order valence-electron chi connectivity index (χ4n) is 14.5. The normalized spacial score (nSPS) is 12.5. The molecule has 1 heterocycles. The molecule has 0 radical (unpaired) electrons. The van der Waals surface area contributed by atoms with Gasteiger partial charge in [-0.25, -0.2) is 0 Å². The number of para-hydroxylation sites is 1. The molecule has 0 N–H and O–H groups in total. The Labute approximate surface area is 512 Å². The number of allylic oxidation sites excluding steroid dienone is 4. The summed E-state index contributed by atoms with van der Waals surface area (Å²) in [5, 5.41) is 14.6. The Morgan fingerprint density at radius 3 is 1.25 bits per heavy atom. The Hall–Kier alpha value is -11.3. The van der Waals surface area contributed by atoms with E-state index in [0.717, 1.165) is 46.6 Å². The van der Waals surface area contributed by atoms with E-state index < -0.39 is 0 Å². The molecule has 16 aromatic rings. The molecule has 0 spiro atoms. The van der Waals surface area contributed by atoms with Gasteiger partial charge in [0.25, 0.3) is 0 Å². The summed E-state index contributed by atoms with van der Waals surface area (Å²) in [6.07, 6.45) is 9.12. The summed E-state index contributed by atoms with van der Waals surface area (Å²) in [6.45, 7) is 0. The quantitative estimate of drug-likeness (QED) is 0.124. The van der Waals surface area contributed by atoms with E-state index in [4.69, 9.17) is 0 Å². The van der Waals surface area contributed by atoms with Gasteiger partial charge in [0, 0.05) is 38.6 Å². The van der Waals surface area contributed by atoms with E-state index in [2.05, 4.69) is 337 Å². The van der Waals surface area contributed by atoms with Crippen molar-refractivity contribution in [2.24, 2.45) is 0 Å². The lowest BCUT2D eigenvalue weighted by Gasteiger charge is -2.30. The summed E-state index contributed by atoms with van der Waals surface area (Å²) in [6, 6.07) is 115. The van der Waals surface area contributed by atoms with Crippen molar-refractivity contribution in [3.8, 4) is 61.3 Å². The van der Waals surface area contributed by atoms with Crippen molar-refractivity contribution in [3.05, 3.63) is 333 Å². The maximum atomic E-state index is 2.49. The molecule has 1 aromatic heterocycles. The summed E-state index contributed by atoms with van der Waals surface area (Å²) in [5.74, 6) is 0. The summed E-state index contributed by atoms with van der Waals surface area (Å²) in [5.41, 5.74) is 21.5. The summed E-state index contributed by atoms with van der Waals surface area (Å²) in [7, 11) is 0. The molecule has 1 aliphatic rings. The Balaban J connectivity index is 0.859. The topological polar surface area (TPSA) is 8.17 Å². The molecule has 88 heavy (non-hydrogen) atoms. The molecule has 0 amide bonds. The molecule has 1 aliphatic carbocycles. The van der Waals surface area contributed by atoms with Crippen LogP contribution in [0.15, 0.2) is 328 Å². The zero-order valence-electron chi connectivity index (χ0n) is 48.5. The minimum absolute atomic E-state index is 1.06. The van der Waals surface area contributed by atoms with Crippen molar-refractivity contribution in [1.29, 1.82) is 0 Å². The van der Waals surface area contributed by atoms with Crippen LogP contribution in [-0.2, 0) is 0 Å². The highest BCUT2D eigenvalue weighted by molar-refractivity contribution is 6.31. The van der Waals surface area contributed by atoms with Gasteiger partial charge in [0.15, 0.2) is 0 Å². The predicted molar refractivity (Wildman–Crippen MR) is 377 cm³/mol. The number of nitrogens with zero attached hydrogens (tertiary/aromatic N) is 2. The molecule has 0 aliphatic heterocycles. The van der Waals surface area contributed by atoms with Crippen molar-refractivity contribution in [3.63, 3.8) is 0 Å². The van der Waals surface area contributed by atoms with Crippen LogP contribution in [0.4, 0.5) is 17.1 Å². The molecule has 0 atom stereocenters. The van der Waals surface area contributed by atoms with E-state index in [1.807, 2.05) is 0 Å². The van der Waals surface area contributed by atoms with Crippen LogP contribution in [0, 0.1) is 0 Å². The van der Waals surface area contributed by atoms with Gasteiger partial charge in [-0.05, 0) is 183 Å². The Morgan fingerprint density at radius 1 is 0.273 bits per heavy atom. The van der Waals surface area contributed by atoms with Gasteiger partial charge in [0.1, 0.15) is 0 Å². The van der Waals surface area contributed by atoms with E-state index >= 15 is 0 Å². The maximum absolute atomic E-state index is 2.49. The van der Waals surface area contributed by atoms with E-state index in [1.165, 1.54) is 131 Å². The SMILES string of the molecule is C1=CC(c2ccccc2-c2ccc3c(c2)c2cc(-c4ccccc4-c4ccccc4)ccc2n3-c2ccc(N(c3ccccc3)c3c4ccccc4c(-c4c5ccccc5c(-c5cccc6ccccc56)c5ccccc45)c4ccccc34)cc2)=CCC1. The van der Waals surface area contributed by atoms with Crippen LogP contribution in [0.25, 0.3) is 143 Å². The number of fused-ring (bicyclic) bond motifs is 8. The second-order valence-corrected chi connectivity index (χ2v) is 23.3. The zero-order chi connectivity index (χ0) is 58.1. The molecule has 0 fully saturated rings. The van der Waals surface area contributed by atoms with E-state index in [-0.39, 0.29) is 0 Å². The van der Waals surface area contributed by atoms with Gasteiger partial charge < -0.3 is 9.47 Å². The fraction of sp³-hybridized carbons (Fsp3) is 0.0233. The van der Waals surface area contributed by atoms with Gasteiger partial charge in [-0.3, -0.25) is 0 Å². The van der Waals surface area contributed by atoms with Gasteiger partial charge in [0.2, 0.25) is 0 Å². The fourth-order valence-corrected chi connectivity index (χ4v) is 14.5. The predicted octanol–water partition coefficient (Wildman–Crippen LogP) is 24.1. The number of rotatable bonds is 10. The monoisotopic (exact) mass is 1120 g/mol. The highest BCUT2D eigenvalue weighted by atomic mass is 15.1. The third-order valence-electron chi connectivity index (χ3n) is 18.4. The van der Waals surface area contributed by atoms with Crippen LogP contribution in [0.2, 0.25) is 0 Å². The summed E-state index contributed by atoms with van der Waals surface area (Å²) < 4.78 is 2.47. The van der Waals surface area contributed by atoms with E-state index in [0.29, 0.717) is 0 Å². The first-order valence-electron chi connectivity index (χ1n) is 30.7. The van der Waals surface area contributed by atoms with Gasteiger partial charge >= 0.3 is 0 Å². The van der Waals surface area contributed by atoms with E-state index in [1.54, 1.807) is 0 Å². The summed E-state index contributed by atoms with van der Waals surface area (Å²) in [4.78, 5) is 2.49. The van der Waals surface area contributed by atoms with Crippen molar-refractivity contribution in [1.82, 2.24) is 4.57 Å². The number of hydrogen-bond acceptors (Lipinski definition) is 1. The minimum atomic E-state index is 1.06. The molecule has 0 saturated carbocycles. The molecule has 17 rings (SSSR count). The third kappa shape index (κ3) is 8.40. The average molecular weight is 1120 g/mol.